The summed E-state index contributed by atoms with van der Waals surface area (Å²) in [4.78, 5) is 14.5. The van der Waals surface area contributed by atoms with E-state index in [1.165, 1.54) is 24.3 Å². The van der Waals surface area contributed by atoms with Crippen LogP contribution in [-0.4, -0.2) is 39.9 Å². The number of rotatable bonds is 8. The Hall–Kier alpha value is -2.81. The summed E-state index contributed by atoms with van der Waals surface area (Å²) in [6, 6.07) is 15.7. The lowest BCUT2D eigenvalue weighted by molar-refractivity contribution is 0.0939. The fourth-order valence-corrected chi connectivity index (χ4v) is 4.17. The van der Waals surface area contributed by atoms with E-state index >= 15 is 0 Å². The van der Waals surface area contributed by atoms with Gasteiger partial charge < -0.3 is 9.73 Å². The number of hydrogen-bond donors (Lipinski definition) is 2. The van der Waals surface area contributed by atoms with Gasteiger partial charge in [-0.2, -0.15) is 0 Å². The number of furan rings is 1. The van der Waals surface area contributed by atoms with E-state index in [9.17, 15) is 13.2 Å². The van der Waals surface area contributed by atoms with Gasteiger partial charge in [-0.15, -0.1) is 0 Å². The van der Waals surface area contributed by atoms with Crippen molar-refractivity contribution in [3.63, 3.8) is 0 Å². The Kier molecular flexibility index (Phi) is 6.81. The lowest BCUT2D eigenvalue weighted by atomic mass is 10.2. The summed E-state index contributed by atoms with van der Waals surface area (Å²) in [7, 11) is -0.112. The van der Waals surface area contributed by atoms with Crippen molar-refractivity contribution in [2.75, 3.05) is 25.4 Å². The zero-order chi connectivity index (χ0) is 21.7. The Morgan fingerprint density at radius 1 is 1.10 bits per heavy atom. The van der Waals surface area contributed by atoms with Crippen molar-refractivity contribution < 1.29 is 17.6 Å². The molecule has 1 unspecified atom stereocenters. The molecule has 3 rings (SSSR count). The van der Waals surface area contributed by atoms with Crippen molar-refractivity contribution >= 4 is 33.2 Å². The minimum absolute atomic E-state index is 0.0229. The molecule has 0 aliphatic carbocycles. The number of amides is 1. The molecule has 0 fully saturated rings. The Bertz CT molecular complexity index is 1110. The van der Waals surface area contributed by atoms with Crippen LogP contribution in [0.2, 0.25) is 5.02 Å². The number of sulfonamides is 1. The molecule has 0 aliphatic rings. The van der Waals surface area contributed by atoms with E-state index < -0.39 is 10.0 Å². The van der Waals surface area contributed by atoms with Crippen LogP contribution < -0.4 is 10.0 Å². The summed E-state index contributed by atoms with van der Waals surface area (Å²) >= 11 is 5.91. The maximum absolute atomic E-state index is 12.7. The first-order valence-electron chi connectivity index (χ1n) is 9.13. The normalized spacial score (nSPS) is 12.5. The summed E-state index contributed by atoms with van der Waals surface area (Å²) in [6.45, 7) is 0.303. The minimum Gasteiger partial charge on any atom is -0.468 e. The third kappa shape index (κ3) is 5.41. The Labute approximate surface area is 180 Å². The molecule has 0 aliphatic heterocycles. The van der Waals surface area contributed by atoms with Crippen LogP contribution in [0.1, 0.15) is 22.2 Å². The second kappa shape index (κ2) is 9.34. The number of likely N-dealkylation sites (N-methyl/N-ethyl adjacent to an activating group) is 1. The molecule has 1 atom stereocenters. The number of nitrogens with zero attached hydrogens (tertiary/aromatic N) is 1. The molecular weight excluding hydrogens is 426 g/mol. The van der Waals surface area contributed by atoms with Gasteiger partial charge in [0.2, 0.25) is 0 Å². The van der Waals surface area contributed by atoms with Gasteiger partial charge in [0.15, 0.2) is 0 Å². The predicted octanol–water partition coefficient (Wildman–Crippen LogP) is 3.77. The first kappa shape index (κ1) is 21.9. The van der Waals surface area contributed by atoms with Crippen LogP contribution in [0.25, 0.3) is 0 Å². The SMILES string of the molecule is CN(C)C(CNC(=O)c1cccc(S(=O)(=O)Nc2cccc(Cl)c2)c1)c1ccco1. The van der Waals surface area contributed by atoms with Gasteiger partial charge in [0, 0.05) is 17.1 Å². The largest absolute Gasteiger partial charge is 0.468 e. The highest BCUT2D eigenvalue weighted by Gasteiger charge is 2.20. The molecule has 158 valence electrons. The van der Waals surface area contributed by atoms with Gasteiger partial charge in [-0.1, -0.05) is 23.7 Å². The van der Waals surface area contributed by atoms with E-state index in [1.807, 2.05) is 25.1 Å². The molecule has 2 aromatic carbocycles. The average molecular weight is 448 g/mol. The average Bonchev–Trinajstić information content (AvgIpc) is 3.22. The number of benzene rings is 2. The predicted molar refractivity (Wildman–Crippen MR) is 116 cm³/mol. The molecule has 9 heteroatoms. The molecule has 30 heavy (non-hydrogen) atoms. The van der Waals surface area contributed by atoms with Crippen molar-refractivity contribution in [2.24, 2.45) is 0 Å². The number of hydrogen-bond acceptors (Lipinski definition) is 5. The Balaban J connectivity index is 1.73. The quantitative estimate of drug-likeness (QED) is 0.548. The highest BCUT2D eigenvalue weighted by Crippen LogP contribution is 2.21. The van der Waals surface area contributed by atoms with Gasteiger partial charge in [0.1, 0.15) is 5.76 Å². The molecule has 1 heterocycles. The lowest BCUT2D eigenvalue weighted by Crippen LogP contribution is -2.34. The standard InChI is InChI=1S/C21H22ClN3O4S/c1-25(2)19(20-10-5-11-29-20)14-23-21(26)15-6-3-9-18(12-15)30(27,28)24-17-8-4-7-16(22)13-17/h3-13,19,24H,14H2,1-2H3,(H,23,26). The summed E-state index contributed by atoms with van der Waals surface area (Å²) < 4.78 is 33.3. The molecule has 0 saturated heterocycles. The molecule has 0 bridgehead atoms. The van der Waals surface area contributed by atoms with Crippen LogP contribution in [0.4, 0.5) is 5.69 Å². The molecule has 1 aromatic heterocycles. The van der Waals surface area contributed by atoms with E-state index in [0.717, 1.165) is 5.76 Å². The van der Waals surface area contributed by atoms with E-state index in [0.29, 0.717) is 17.3 Å². The zero-order valence-electron chi connectivity index (χ0n) is 16.5. The molecular formula is C21H22ClN3O4S. The molecule has 0 saturated carbocycles. The zero-order valence-corrected chi connectivity index (χ0v) is 18.1. The van der Waals surface area contributed by atoms with E-state index in [-0.39, 0.29) is 22.4 Å². The van der Waals surface area contributed by atoms with Crippen LogP contribution in [0, 0.1) is 0 Å². The van der Waals surface area contributed by atoms with Gasteiger partial charge >= 0.3 is 0 Å². The number of halogens is 1. The first-order valence-corrected chi connectivity index (χ1v) is 11.0. The molecule has 0 radical (unpaired) electrons. The van der Waals surface area contributed by atoms with Crippen molar-refractivity contribution in [1.29, 1.82) is 0 Å². The Morgan fingerprint density at radius 2 is 1.87 bits per heavy atom. The second-order valence-corrected chi connectivity index (χ2v) is 8.97. The van der Waals surface area contributed by atoms with E-state index in [4.69, 9.17) is 16.0 Å². The topological polar surface area (TPSA) is 91.7 Å². The summed E-state index contributed by atoms with van der Waals surface area (Å²) in [5.41, 5.74) is 0.575. The molecule has 3 aromatic rings. The van der Waals surface area contributed by atoms with Gasteiger partial charge in [0.05, 0.1) is 22.9 Å². The third-order valence-corrected chi connectivity index (χ3v) is 6.05. The van der Waals surface area contributed by atoms with E-state index in [2.05, 4.69) is 10.0 Å². The first-order chi connectivity index (χ1) is 14.3. The van der Waals surface area contributed by atoms with Crippen molar-refractivity contribution in [3.05, 3.63) is 83.3 Å². The maximum atomic E-state index is 12.7. The van der Waals surface area contributed by atoms with E-state index in [1.54, 1.807) is 36.6 Å². The fraction of sp³-hybridized carbons (Fsp3) is 0.190. The fourth-order valence-electron chi connectivity index (χ4n) is 2.88. The highest BCUT2D eigenvalue weighted by molar-refractivity contribution is 7.92. The minimum atomic E-state index is -3.88. The summed E-state index contributed by atoms with van der Waals surface area (Å²) in [5.74, 6) is 0.343. The monoisotopic (exact) mass is 447 g/mol. The molecule has 2 N–H and O–H groups in total. The number of carbonyl (C=O) groups is 1. The van der Waals surface area contributed by atoms with Crippen molar-refractivity contribution in [1.82, 2.24) is 10.2 Å². The van der Waals surface area contributed by atoms with Crippen molar-refractivity contribution in [2.45, 2.75) is 10.9 Å². The van der Waals surface area contributed by atoms with Gasteiger partial charge in [-0.25, -0.2) is 8.42 Å². The third-order valence-electron chi connectivity index (χ3n) is 4.43. The van der Waals surface area contributed by atoms with Crippen LogP contribution in [0.3, 0.4) is 0 Å². The second-order valence-electron chi connectivity index (χ2n) is 6.85. The summed E-state index contributed by atoms with van der Waals surface area (Å²) in [5, 5.41) is 3.24. The van der Waals surface area contributed by atoms with Crippen LogP contribution in [0.5, 0.6) is 0 Å². The van der Waals surface area contributed by atoms with Crippen molar-refractivity contribution in [3.8, 4) is 0 Å². The highest BCUT2D eigenvalue weighted by atomic mass is 35.5. The maximum Gasteiger partial charge on any atom is 0.261 e. The number of nitrogens with one attached hydrogen (secondary N) is 2. The Morgan fingerprint density at radius 3 is 2.53 bits per heavy atom. The number of carbonyl (C=O) groups excluding carboxylic acids is 1. The molecule has 0 spiro atoms. The molecule has 7 nitrogen and oxygen atoms in total. The van der Waals surface area contributed by atoms with Gasteiger partial charge in [-0.3, -0.25) is 14.4 Å². The smallest absolute Gasteiger partial charge is 0.261 e. The van der Waals surface area contributed by atoms with Gasteiger partial charge in [0.25, 0.3) is 15.9 Å². The van der Waals surface area contributed by atoms with Crippen LogP contribution in [-0.2, 0) is 10.0 Å². The van der Waals surface area contributed by atoms with Crippen LogP contribution >= 0.6 is 11.6 Å². The lowest BCUT2D eigenvalue weighted by Gasteiger charge is -2.22. The summed E-state index contributed by atoms with van der Waals surface area (Å²) in [6.07, 6.45) is 1.58. The number of anilines is 1. The molecule has 1 amide bonds. The van der Waals surface area contributed by atoms with Crippen LogP contribution in [0.15, 0.2) is 76.2 Å². The van der Waals surface area contributed by atoms with Gasteiger partial charge in [-0.05, 0) is 62.6 Å².